The molecule has 2 aromatic rings. The molecule has 22 heavy (non-hydrogen) atoms. The van der Waals surface area contributed by atoms with Crippen molar-refractivity contribution in [2.45, 2.75) is 19.4 Å². The molecule has 1 amide bonds. The van der Waals surface area contributed by atoms with Crippen LogP contribution in [0.4, 0.5) is 5.69 Å². The maximum atomic E-state index is 12.4. The second-order valence-corrected chi connectivity index (χ2v) is 6.39. The summed E-state index contributed by atoms with van der Waals surface area (Å²) in [5.74, 6) is -0.742. The number of anilines is 1. The van der Waals surface area contributed by atoms with Gasteiger partial charge in [0.2, 0.25) is 0 Å². The summed E-state index contributed by atoms with van der Waals surface area (Å²) in [6, 6.07) is 13.0. The summed E-state index contributed by atoms with van der Waals surface area (Å²) in [5.41, 5.74) is 3.19. The summed E-state index contributed by atoms with van der Waals surface area (Å²) in [6.07, 6.45) is -0.393. The molecule has 0 aromatic heterocycles. The molecule has 112 valence electrons. The van der Waals surface area contributed by atoms with Crippen LogP contribution in [0.2, 0.25) is 0 Å². The van der Waals surface area contributed by atoms with Crippen molar-refractivity contribution in [1.82, 2.24) is 0 Å². The highest BCUT2D eigenvalue weighted by Crippen LogP contribution is 2.24. The number of cyclic esters (lactones) is 1. The Morgan fingerprint density at radius 2 is 2.05 bits per heavy atom. The molecule has 1 unspecified atom stereocenters. The molecule has 1 aliphatic heterocycles. The number of para-hydroxylation sites is 1. The van der Waals surface area contributed by atoms with Crippen LogP contribution in [0.1, 0.15) is 21.5 Å². The number of benzene rings is 2. The Balaban J connectivity index is 1.80. The average molecular weight is 407 g/mol. The molecule has 0 fully saturated rings. The van der Waals surface area contributed by atoms with Gasteiger partial charge in [0.15, 0.2) is 6.10 Å². The monoisotopic (exact) mass is 407 g/mol. The highest BCUT2D eigenvalue weighted by atomic mass is 127. The first-order valence-corrected chi connectivity index (χ1v) is 7.98. The van der Waals surface area contributed by atoms with Crippen LogP contribution in [0.15, 0.2) is 42.5 Å². The smallest absolute Gasteiger partial charge is 0.339 e. The molecule has 5 heteroatoms. The zero-order chi connectivity index (χ0) is 15.7. The van der Waals surface area contributed by atoms with Crippen LogP contribution in [-0.2, 0) is 16.0 Å². The number of aryl methyl sites for hydroxylation is 1. The van der Waals surface area contributed by atoms with Crippen LogP contribution in [0.5, 0.6) is 0 Å². The fourth-order valence-electron chi connectivity index (χ4n) is 2.45. The van der Waals surface area contributed by atoms with E-state index in [1.54, 1.807) is 6.07 Å². The van der Waals surface area contributed by atoms with E-state index >= 15 is 0 Å². The summed E-state index contributed by atoms with van der Waals surface area (Å²) in [6.45, 7) is 1.96. The summed E-state index contributed by atoms with van der Waals surface area (Å²) in [7, 11) is 0. The molecule has 0 saturated carbocycles. The number of ether oxygens (including phenoxy) is 1. The van der Waals surface area contributed by atoms with Gasteiger partial charge in [-0.3, -0.25) is 4.79 Å². The van der Waals surface area contributed by atoms with Crippen molar-refractivity contribution in [3.8, 4) is 0 Å². The summed E-state index contributed by atoms with van der Waals surface area (Å²) >= 11 is 2.15. The molecule has 2 aromatic carbocycles. The minimum Gasteiger partial charge on any atom is -0.448 e. The first-order chi connectivity index (χ1) is 10.5. The van der Waals surface area contributed by atoms with Crippen molar-refractivity contribution >= 4 is 40.2 Å². The van der Waals surface area contributed by atoms with Crippen LogP contribution >= 0.6 is 22.6 Å². The van der Waals surface area contributed by atoms with Crippen LogP contribution < -0.4 is 5.32 Å². The van der Waals surface area contributed by atoms with Gasteiger partial charge in [-0.05, 0) is 53.3 Å². The lowest BCUT2D eigenvalue weighted by Gasteiger charge is -2.24. The molecule has 0 saturated heterocycles. The number of carbonyl (C=O) groups is 2. The van der Waals surface area contributed by atoms with Crippen molar-refractivity contribution in [2.75, 3.05) is 5.32 Å². The van der Waals surface area contributed by atoms with Gasteiger partial charge < -0.3 is 10.1 Å². The number of nitrogens with one attached hydrogen (secondary N) is 1. The SMILES string of the molecule is Cc1ccc2c(c1)CC(C(=O)Nc1ccccc1I)OC2=O. The molecule has 0 radical (unpaired) electrons. The standard InChI is InChI=1S/C17H14INO3/c1-10-6-7-12-11(8-10)9-15(22-17(12)21)16(20)19-14-5-3-2-4-13(14)18/h2-8,15H,9H2,1H3,(H,19,20). The quantitative estimate of drug-likeness (QED) is 0.614. The summed E-state index contributed by atoms with van der Waals surface area (Å²) < 4.78 is 6.21. The Morgan fingerprint density at radius 1 is 1.27 bits per heavy atom. The van der Waals surface area contributed by atoms with Crippen LogP contribution in [0.3, 0.4) is 0 Å². The van der Waals surface area contributed by atoms with Gasteiger partial charge in [-0.1, -0.05) is 29.8 Å². The number of fused-ring (bicyclic) bond motifs is 1. The highest BCUT2D eigenvalue weighted by molar-refractivity contribution is 14.1. The van der Waals surface area contributed by atoms with Crippen LogP contribution in [0, 0.1) is 10.5 Å². The van der Waals surface area contributed by atoms with E-state index in [0.29, 0.717) is 12.0 Å². The van der Waals surface area contributed by atoms with E-state index in [1.165, 1.54) is 0 Å². The van der Waals surface area contributed by atoms with E-state index < -0.39 is 12.1 Å². The maximum absolute atomic E-state index is 12.4. The minimum atomic E-state index is -0.794. The summed E-state index contributed by atoms with van der Waals surface area (Å²) in [4.78, 5) is 24.4. The fourth-order valence-corrected chi connectivity index (χ4v) is 2.97. The van der Waals surface area contributed by atoms with Gasteiger partial charge in [-0.2, -0.15) is 0 Å². The molecule has 0 spiro atoms. The Bertz CT molecular complexity index is 757. The first-order valence-electron chi connectivity index (χ1n) is 6.90. The molecule has 0 aliphatic carbocycles. The third-order valence-corrected chi connectivity index (χ3v) is 4.50. The van der Waals surface area contributed by atoms with E-state index in [-0.39, 0.29) is 5.91 Å². The zero-order valence-electron chi connectivity index (χ0n) is 11.9. The molecule has 0 bridgehead atoms. The van der Waals surface area contributed by atoms with Crippen molar-refractivity contribution in [3.63, 3.8) is 0 Å². The first kappa shape index (κ1) is 15.0. The Hall–Kier alpha value is -1.89. The van der Waals surface area contributed by atoms with E-state index in [0.717, 1.165) is 20.4 Å². The van der Waals surface area contributed by atoms with Crippen LogP contribution in [-0.4, -0.2) is 18.0 Å². The van der Waals surface area contributed by atoms with Crippen molar-refractivity contribution in [3.05, 3.63) is 62.7 Å². The second kappa shape index (κ2) is 6.08. The lowest BCUT2D eigenvalue weighted by atomic mass is 9.96. The normalized spacial score (nSPS) is 16.6. The largest absolute Gasteiger partial charge is 0.448 e. The van der Waals surface area contributed by atoms with Crippen LogP contribution in [0.25, 0.3) is 0 Å². The van der Waals surface area contributed by atoms with Crippen molar-refractivity contribution in [1.29, 1.82) is 0 Å². The van der Waals surface area contributed by atoms with Gasteiger partial charge in [0, 0.05) is 9.99 Å². The van der Waals surface area contributed by atoms with Gasteiger partial charge in [-0.15, -0.1) is 0 Å². The third kappa shape index (κ3) is 2.99. The van der Waals surface area contributed by atoms with Crippen molar-refractivity contribution in [2.24, 2.45) is 0 Å². The number of esters is 1. The lowest BCUT2D eigenvalue weighted by Crippen LogP contribution is -2.38. The van der Waals surface area contributed by atoms with Gasteiger partial charge in [0.25, 0.3) is 5.91 Å². The Morgan fingerprint density at radius 3 is 2.82 bits per heavy atom. The van der Waals surface area contributed by atoms with Gasteiger partial charge in [0.1, 0.15) is 0 Å². The number of hydrogen-bond donors (Lipinski definition) is 1. The lowest BCUT2D eigenvalue weighted by molar-refractivity contribution is -0.125. The molecular formula is C17H14INO3. The zero-order valence-corrected chi connectivity index (χ0v) is 14.1. The predicted molar refractivity (Wildman–Crippen MR) is 91.9 cm³/mol. The van der Waals surface area contributed by atoms with E-state index in [9.17, 15) is 9.59 Å². The molecule has 1 aliphatic rings. The van der Waals surface area contributed by atoms with E-state index in [4.69, 9.17) is 4.74 Å². The number of hydrogen-bond acceptors (Lipinski definition) is 3. The number of halogens is 1. The number of amides is 1. The number of carbonyl (C=O) groups excluding carboxylic acids is 2. The topological polar surface area (TPSA) is 55.4 Å². The molecule has 3 rings (SSSR count). The second-order valence-electron chi connectivity index (χ2n) is 5.23. The molecule has 1 N–H and O–H groups in total. The molecule has 1 atom stereocenters. The molecule has 4 nitrogen and oxygen atoms in total. The maximum Gasteiger partial charge on any atom is 0.339 e. The highest BCUT2D eigenvalue weighted by Gasteiger charge is 2.31. The Labute approximate surface area is 142 Å². The van der Waals surface area contributed by atoms with Gasteiger partial charge >= 0.3 is 5.97 Å². The summed E-state index contributed by atoms with van der Waals surface area (Å²) in [5, 5.41) is 2.82. The van der Waals surface area contributed by atoms with Crippen molar-refractivity contribution < 1.29 is 14.3 Å². The number of rotatable bonds is 2. The molecular weight excluding hydrogens is 393 g/mol. The third-order valence-electron chi connectivity index (χ3n) is 3.56. The average Bonchev–Trinajstić information content (AvgIpc) is 2.49. The van der Waals surface area contributed by atoms with E-state index in [1.807, 2.05) is 43.3 Å². The molecule has 1 heterocycles. The van der Waals surface area contributed by atoms with Gasteiger partial charge in [0.05, 0.1) is 11.3 Å². The van der Waals surface area contributed by atoms with Gasteiger partial charge in [-0.25, -0.2) is 4.79 Å². The minimum absolute atomic E-state index is 0.301. The predicted octanol–water partition coefficient (Wildman–Crippen LogP) is 3.32. The van der Waals surface area contributed by atoms with E-state index in [2.05, 4.69) is 27.9 Å². The fraction of sp³-hybridized carbons (Fsp3) is 0.176. The Kier molecular flexibility index (Phi) is 4.15.